The molecule has 0 aromatic heterocycles. The Hall–Kier alpha value is -2.03. The molecule has 1 aromatic rings. The minimum atomic E-state index is -0.444. The van der Waals surface area contributed by atoms with Crippen molar-refractivity contribution in [3.8, 4) is 6.07 Å². The van der Waals surface area contributed by atoms with E-state index in [0.717, 1.165) is 19.6 Å². The molecule has 2 N–H and O–H groups in total. The van der Waals surface area contributed by atoms with Crippen molar-refractivity contribution in [1.82, 2.24) is 10.2 Å². The number of hydrogen-bond donors (Lipinski definition) is 2. The first kappa shape index (κ1) is 18.0. The van der Waals surface area contributed by atoms with Crippen LogP contribution in [-0.2, 0) is 4.79 Å². The fourth-order valence-corrected chi connectivity index (χ4v) is 1.94. The molecule has 0 radical (unpaired) electrons. The lowest BCUT2D eigenvalue weighted by molar-refractivity contribution is -0.112. The van der Waals surface area contributed by atoms with Gasteiger partial charge in [0.2, 0.25) is 0 Å². The Morgan fingerprint density at radius 2 is 1.95 bits per heavy atom. The van der Waals surface area contributed by atoms with Crippen molar-refractivity contribution in [3.05, 3.63) is 41.1 Å². The number of hydrogen-bond acceptors (Lipinski definition) is 4. The highest BCUT2D eigenvalue weighted by molar-refractivity contribution is 6.30. The molecule has 1 aromatic carbocycles. The lowest BCUT2D eigenvalue weighted by Crippen LogP contribution is -2.30. The Labute approximate surface area is 136 Å². The number of amides is 1. The molecule has 22 heavy (non-hydrogen) atoms. The number of anilines is 1. The summed E-state index contributed by atoms with van der Waals surface area (Å²) >= 11 is 5.78. The standard InChI is InChI=1S/C16H21ClN4O/c1-3-21(4-2)10-9-19-12-13(11-18)16(22)20-15-7-5-14(17)6-8-15/h5-8,12,19H,3-4,9-10H2,1-2H3,(H,20,22)/b13-12-. The molecule has 0 unspecified atom stereocenters. The first-order valence-electron chi connectivity index (χ1n) is 7.23. The molecule has 0 bridgehead atoms. The van der Waals surface area contributed by atoms with Crippen molar-refractivity contribution in [2.75, 3.05) is 31.5 Å². The van der Waals surface area contributed by atoms with Gasteiger partial charge in [0.15, 0.2) is 0 Å². The highest BCUT2D eigenvalue weighted by atomic mass is 35.5. The number of nitriles is 1. The van der Waals surface area contributed by atoms with Gasteiger partial charge in [0, 0.05) is 30.0 Å². The molecule has 0 fully saturated rings. The minimum Gasteiger partial charge on any atom is -0.388 e. The maximum absolute atomic E-state index is 12.0. The Bertz CT molecular complexity index is 544. The third kappa shape index (κ3) is 6.17. The van der Waals surface area contributed by atoms with Crippen LogP contribution in [0.5, 0.6) is 0 Å². The third-order valence-electron chi connectivity index (χ3n) is 3.18. The molecule has 0 saturated heterocycles. The van der Waals surface area contributed by atoms with Gasteiger partial charge in [0.1, 0.15) is 11.6 Å². The Kier molecular flexibility index (Phi) is 8.05. The average Bonchev–Trinajstić information content (AvgIpc) is 2.53. The minimum absolute atomic E-state index is 0.0366. The summed E-state index contributed by atoms with van der Waals surface area (Å²) in [7, 11) is 0. The SMILES string of the molecule is CCN(CC)CCN/C=C(/C#N)C(=O)Nc1ccc(Cl)cc1. The zero-order chi connectivity index (χ0) is 16.4. The predicted octanol–water partition coefficient (Wildman–Crippen LogP) is 2.62. The normalized spacial score (nSPS) is 11.1. The van der Waals surface area contributed by atoms with Crippen LogP contribution in [0.25, 0.3) is 0 Å². The van der Waals surface area contributed by atoms with Gasteiger partial charge in [-0.3, -0.25) is 4.79 Å². The number of carbonyl (C=O) groups is 1. The first-order chi connectivity index (χ1) is 10.6. The molecule has 0 aliphatic carbocycles. The van der Waals surface area contributed by atoms with E-state index >= 15 is 0 Å². The van der Waals surface area contributed by atoms with Crippen molar-refractivity contribution in [2.24, 2.45) is 0 Å². The maximum atomic E-state index is 12.0. The summed E-state index contributed by atoms with van der Waals surface area (Å²) in [4.78, 5) is 14.2. The van der Waals surface area contributed by atoms with Gasteiger partial charge in [-0.05, 0) is 37.4 Å². The lowest BCUT2D eigenvalue weighted by Gasteiger charge is -2.17. The highest BCUT2D eigenvalue weighted by Gasteiger charge is 2.09. The van der Waals surface area contributed by atoms with Crippen LogP contribution in [0.1, 0.15) is 13.8 Å². The van der Waals surface area contributed by atoms with E-state index in [0.29, 0.717) is 17.3 Å². The average molecular weight is 321 g/mol. The van der Waals surface area contributed by atoms with Crippen LogP contribution < -0.4 is 10.6 Å². The lowest BCUT2D eigenvalue weighted by atomic mass is 10.2. The summed E-state index contributed by atoms with van der Waals surface area (Å²) in [6.45, 7) is 7.69. The summed E-state index contributed by atoms with van der Waals surface area (Å²) in [6, 6.07) is 8.62. The van der Waals surface area contributed by atoms with E-state index in [1.807, 2.05) is 6.07 Å². The zero-order valence-corrected chi connectivity index (χ0v) is 13.7. The van der Waals surface area contributed by atoms with E-state index in [4.69, 9.17) is 16.9 Å². The Morgan fingerprint density at radius 1 is 1.32 bits per heavy atom. The second-order valence-corrected chi connectivity index (χ2v) is 5.05. The van der Waals surface area contributed by atoms with E-state index in [2.05, 4.69) is 29.4 Å². The molecule has 1 amide bonds. The molecule has 118 valence electrons. The molecule has 1 rings (SSSR count). The molecular weight excluding hydrogens is 300 g/mol. The smallest absolute Gasteiger partial charge is 0.267 e. The van der Waals surface area contributed by atoms with E-state index in [-0.39, 0.29) is 5.57 Å². The van der Waals surface area contributed by atoms with Crippen LogP contribution in [0, 0.1) is 11.3 Å². The van der Waals surface area contributed by atoms with Gasteiger partial charge in [-0.15, -0.1) is 0 Å². The van der Waals surface area contributed by atoms with Gasteiger partial charge in [-0.25, -0.2) is 0 Å². The third-order valence-corrected chi connectivity index (χ3v) is 3.43. The topological polar surface area (TPSA) is 68.2 Å². The number of nitrogens with one attached hydrogen (secondary N) is 2. The summed E-state index contributed by atoms with van der Waals surface area (Å²) in [5.41, 5.74) is 0.633. The van der Waals surface area contributed by atoms with Crippen molar-refractivity contribution in [3.63, 3.8) is 0 Å². The molecular formula is C16H21ClN4O. The summed E-state index contributed by atoms with van der Waals surface area (Å²) < 4.78 is 0. The van der Waals surface area contributed by atoms with Crippen LogP contribution in [0.4, 0.5) is 5.69 Å². The molecule has 0 aliphatic rings. The van der Waals surface area contributed by atoms with Gasteiger partial charge in [-0.2, -0.15) is 5.26 Å². The van der Waals surface area contributed by atoms with Crippen LogP contribution >= 0.6 is 11.6 Å². The van der Waals surface area contributed by atoms with Crippen LogP contribution in [0.2, 0.25) is 5.02 Å². The van der Waals surface area contributed by atoms with Crippen LogP contribution in [0.15, 0.2) is 36.0 Å². The largest absolute Gasteiger partial charge is 0.388 e. The number of likely N-dealkylation sites (N-methyl/N-ethyl adjacent to an activating group) is 1. The molecule has 0 atom stereocenters. The van der Waals surface area contributed by atoms with Crippen LogP contribution in [0.3, 0.4) is 0 Å². The summed E-state index contributed by atoms with van der Waals surface area (Å²) in [5.74, 6) is -0.444. The molecule has 0 heterocycles. The molecule has 6 heteroatoms. The summed E-state index contributed by atoms with van der Waals surface area (Å²) in [6.07, 6.45) is 1.45. The van der Waals surface area contributed by atoms with E-state index in [1.165, 1.54) is 6.20 Å². The van der Waals surface area contributed by atoms with Gasteiger partial charge in [0.05, 0.1) is 0 Å². The number of benzene rings is 1. The number of nitrogens with zero attached hydrogens (tertiary/aromatic N) is 2. The van der Waals surface area contributed by atoms with Gasteiger partial charge >= 0.3 is 0 Å². The summed E-state index contributed by atoms with van der Waals surface area (Å²) in [5, 5.41) is 15.3. The van der Waals surface area contributed by atoms with Crippen molar-refractivity contribution in [2.45, 2.75) is 13.8 Å². The second-order valence-electron chi connectivity index (χ2n) is 4.61. The maximum Gasteiger partial charge on any atom is 0.267 e. The van der Waals surface area contributed by atoms with Gasteiger partial charge in [-0.1, -0.05) is 25.4 Å². The van der Waals surface area contributed by atoms with Gasteiger partial charge < -0.3 is 15.5 Å². The molecule has 0 spiro atoms. The first-order valence-corrected chi connectivity index (χ1v) is 7.61. The molecule has 0 aliphatic heterocycles. The van der Waals surface area contributed by atoms with Crippen molar-refractivity contribution in [1.29, 1.82) is 5.26 Å². The highest BCUT2D eigenvalue weighted by Crippen LogP contribution is 2.13. The Balaban J connectivity index is 2.52. The fourth-order valence-electron chi connectivity index (χ4n) is 1.82. The predicted molar refractivity (Wildman–Crippen MR) is 89.6 cm³/mol. The number of carbonyl (C=O) groups excluding carboxylic acids is 1. The van der Waals surface area contributed by atoms with E-state index in [1.54, 1.807) is 24.3 Å². The second kappa shape index (κ2) is 9.82. The monoisotopic (exact) mass is 320 g/mol. The molecule has 5 nitrogen and oxygen atoms in total. The quantitative estimate of drug-likeness (QED) is 0.439. The van der Waals surface area contributed by atoms with Crippen LogP contribution in [-0.4, -0.2) is 37.0 Å². The van der Waals surface area contributed by atoms with E-state index in [9.17, 15) is 4.79 Å². The number of rotatable bonds is 8. The van der Waals surface area contributed by atoms with Crippen molar-refractivity contribution < 1.29 is 4.79 Å². The van der Waals surface area contributed by atoms with Gasteiger partial charge in [0.25, 0.3) is 5.91 Å². The molecule has 0 saturated carbocycles. The van der Waals surface area contributed by atoms with Crippen molar-refractivity contribution >= 4 is 23.2 Å². The fraction of sp³-hybridized carbons (Fsp3) is 0.375. The van der Waals surface area contributed by atoms with E-state index < -0.39 is 5.91 Å². The zero-order valence-electron chi connectivity index (χ0n) is 12.9. The Morgan fingerprint density at radius 3 is 2.50 bits per heavy atom. The number of halogens is 1.